The van der Waals surface area contributed by atoms with E-state index in [1.165, 1.54) is 0 Å². The highest BCUT2D eigenvalue weighted by atomic mass is 127. The molecule has 3 heterocycles. The van der Waals surface area contributed by atoms with Gasteiger partial charge in [0, 0.05) is 25.6 Å². The lowest BCUT2D eigenvalue weighted by Crippen LogP contribution is -2.26. The summed E-state index contributed by atoms with van der Waals surface area (Å²) >= 11 is 2.24. The molecule has 0 atom stereocenters. The van der Waals surface area contributed by atoms with Crippen LogP contribution in [-0.4, -0.2) is 25.6 Å². The van der Waals surface area contributed by atoms with Gasteiger partial charge in [-0.25, -0.2) is 18.7 Å². The van der Waals surface area contributed by atoms with Crippen LogP contribution in [0.2, 0.25) is 0 Å². The van der Waals surface area contributed by atoms with Gasteiger partial charge < -0.3 is 9.09 Å². The van der Waals surface area contributed by atoms with Crippen molar-refractivity contribution in [2.24, 2.45) is 5.92 Å². The lowest BCUT2D eigenvalue weighted by atomic mass is 9.87. The van der Waals surface area contributed by atoms with Crippen LogP contribution in [0.5, 0.6) is 0 Å². The average molecular weight is 472 g/mol. The second kappa shape index (κ2) is 6.54. The molecule has 3 aromatic heterocycles. The summed E-state index contributed by atoms with van der Waals surface area (Å²) in [7, 11) is 0. The molecule has 0 aromatic carbocycles. The van der Waals surface area contributed by atoms with Crippen LogP contribution >= 0.6 is 22.6 Å². The van der Waals surface area contributed by atoms with Crippen molar-refractivity contribution in [2.75, 3.05) is 0 Å². The molecule has 0 radical (unpaired) electrons. The average Bonchev–Trinajstić information content (AvgIpc) is 3.09. The lowest BCUT2D eigenvalue weighted by Gasteiger charge is -2.28. The molecule has 4 rings (SSSR count). The van der Waals surface area contributed by atoms with Crippen molar-refractivity contribution in [1.29, 1.82) is 0 Å². The first-order valence-corrected chi connectivity index (χ1v) is 9.74. The highest BCUT2D eigenvalue weighted by molar-refractivity contribution is 14.1. The Morgan fingerprint density at radius 2 is 2.04 bits per heavy atom. The summed E-state index contributed by atoms with van der Waals surface area (Å²) in [4.78, 5) is 9.38. The summed E-state index contributed by atoms with van der Waals surface area (Å²) in [5.74, 6) is -1.55. The zero-order valence-corrected chi connectivity index (χ0v) is 16.8. The van der Waals surface area contributed by atoms with Crippen LogP contribution < -0.4 is 0 Å². The van der Waals surface area contributed by atoms with E-state index in [9.17, 15) is 8.78 Å². The number of rotatable bonds is 3. The van der Waals surface area contributed by atoms with Crippen LogP contribution in [0.25, 0.3) is 22.4 Å². The van der Waals surface area contributed by atoms with E-state index in [0.717, 1.165) is 31.7 Å². The molecule has 26 heavy (non-hydrogen) atoms. The normalized spacial score (nSPS) is 17.9. The summed E-state index contributed by atoms with van der Waals surface area (Å²) in [5.41, 5.74) is 3.98. The van der Waals surface area contributed by atoms with Gasteiger partial charge in [0.15, 0.2) is 5.65 Å². The minimum atomic E-state index is -2.50. The van der Waals surface area contributed by atoms with E-state index in [0.29, 0.717) is 25.1 Å². The van der Waals surface area contributed by atoms with E-state index < -0.39 is 5.92 Å². The zero-order chi connectivity index (χ0) is 18.5. The molecule has 0 amide bonds. The van der Waals surface area contributed by atoms with E-state index in [-0.39, 0.29) is 18.8 Å². The minimum Gasteiger partial charge on any atom is -0.361 e. The highest BCUT2D eigenvalue weighted by Gasteiger charge is 2.35. The first-order chi connectivity index (χ1) is 12.3. The Labute approximate surface area is 163 Å². The van der Waals surface area contributed by atoms with Crippen LogP contribution in [0.1, 0.15) is 37.1 Å². The molecule has 0 N–H and O–H groups in total. The number of aromatic nitrogens is 4. The largest absolute Gasteiger partial charge is 0.361 e. The first kappa shape index (κ1) is 17.8. The Bertz CT molecular complexity index is 936. The van der Waals surface area contributed by atoms with Gasteiger partial charge in [0.2, 0.25) is 5.92 Å². The molecule has 1 aliphatic rings. The number of halogens is 3. The Morgan fingerprint density at radius 3 is 2.69 bits per heavy atom. The summed E-state index contributed by atoms with van der Waals surface area (Å²) in [6.07, 6.45) is 4.78. The number of nitrogens with zero attached hydrogens (tertiary/aromatic N) is 4. The third-order valence-electron chi connectivity index (χ3n) is 5.10. The quantitative estimate of drug-likeness (QED) is 0.496. The van der Waals surface area contributed by atoms with Gasteiger partial charge in [0.05, 0.1) is 26.7 Å². The molecule has 0 aliphatic heterocycles. The number of fused-ring (bicyclic) bond motifs is 1. The van der Waals surface area contributed by atoms with Crippen molar-refractivity contribution in [3.8, 4) is 11.3 Å². The van der Waals surface area contributed by atoms with Crippen molar-refractivity contribution in [3.63, 3.8) is 0 Å². The van der Waals surface area contributed by atoms with E-state index in [1.54, 1.807) is 6.20 Å². The summed E-state index contributed by atoms with van der Waals surface area (Å²) in [6, 6.07) is 0. The molecular formula is C18H19F2IN4O. The van der Waals surface area contributed by atoms with Gasteiger partial charge in [0.25, 0.3) is 0 Å². The summed E-state index contributed by atoms with van der Waals surface area (Å²) < 4.78 is 35.1. The number of hydrogen-bond donors (Lipinski definition) is 0. The van der Waals surface area contributed by atoms with Crippen LogP contribution in [0.4, 0.5) is 8.78 Å². The van der Waals surface area contributed by atoms with Crippen LogP contribution in [0, 0.1) is 23.3 Å². The molecule has 0 bridgehead atoms. The number of alkyl halides is 2. The molecule has 0 spiro atoms. The van der Waals surface area contributed by atoms with Gasteiger partial charge >= 0.3 is 0 Å². The van der Waals surface area contributed by atoms with Crippen molar-refractivity contribution in [1.82, 2.24) is 19.7 Å². The van der Waals surface area contributed by atoms with Gasteiger partial charge in [-0.05, 0) is 55.2 Å². The van der Waals surface area contributed by atoms with Crippen molar-refractivity contribution < 1.29 is 13.3 Å². The van der Waals surface area contributed by atoms with Crippen LogP contribution in [-0.2, 0) is 6.54 Å². The van der Waals surface area contributed by atoms with Crippen LogP contribution in [0.15, 0.2) is 16.9 Å². The molecule has 0 saturated heterocycles. The maximum absolute atomic E-state index is 13.4. The SMILES string of the molecule is Cc1noc(C)c1-c1cnc2c(I)cn(CC3CCC(F)(F)CC3)c2n1. The molecule has 3 aromatic rings. The maximum atomic E-state index is 13.4. The topological polar surface area (TPSA) is 56.7 Å². The van der Waals surface area contributed by atoms with Gasteiger partial charge in [-0.2, -0.15) is 0 Å². The number of hydrogen-bond acceptors (Lipinski definition) is 4. The van der Waals surface area contributed by atoms with Crippen LogP contribution in [0.3, 0.4) is 0 Å². The predicted octanol–water partition coefficient (Wildman–Crippen LogP) is 5.13. The van der Waals surface area contributed by atoms with Crippen molar-refractivity contribution in [2.45, 2.75) is 52.0 Å². The molecule has 1 fully saturated rings. The van der Waals surface area contributed by atoms with E-state index in [2.05, 4.69) is 37.3 Å². The smallest absolute Gasteiger partial charge is 0.248 e. The molecule has 8 heteroatoms. The number of aryl methyl sites for hydroxylation is 2. The maximum Gasteiger partial charge on any atom is 0.248 e. The standard InChI is InChI=1S/C18H19F2IN4O/c1-10-15(11(2)26-24-10)14-7-22-16-13(21)9-25(17(16)23-14)8-12-3-5-18(19,20)6-4-12/h7,9,12H,3-6,8H2,1-2H3. The third kappa shape index (κ3) is 3.23. The van der Waals surface area contributed by atoms with Crippen molar-refractivity contribution >= 4 is 33.8 Å². The minimum absolute atomic E-state index is 0.0238. The molecule has 1 saturated carbocycles. The third-order valence-corrected chi connectivity index (χ3v) is 5.89. The second-order valence-electron chi connectivity index (χ2n) is 7.06. The summed E-state index contributed by atoms with van der Waals surface area (Å²) in [6.45, 7) is 4.42. The Balaban J connectivity index is 1.68. The fraction of sp³-hybridized carbons (Fsp3) is 0.500. The van der Waals surface area contributed by atoms with Gasteiger partial charge in [0.1, 0.15) is 11.3 Å². The molecule has 138 valence electrons. The lowest BCUT2D eigenvalue weighted by molar-refractivity contribution is -0.0472. The Hall–Kier alpha value is -1.58. The first-order valence-electron chi connectivity index (χ1n) is 8.66. The predicted molar refractivity (Wildman–Crippen MR) is 102 cm³/mol. The summed E-state index contributed by atoms with van der Waals surface area (Å²) in [5, 5.41) is 3.99. The molecule has 0 unspecified atom stereocenters. The van der Waals surface area contributed by atoms with Gasteiger partial charge in [-0.15, -0.1) is 0 Å². The Kier molecular flexibility index (Phi) is 4.48. The zero-order valence-electron chi connectivity index (χ0n) is 14.6. The monoisotopic (exact) mass is 472 g/mol. The second-order valence-corrected chi connectivity index (χ2v) is 8.22. The van der Waals surface area contributed by atoms with Crippen molar-refractivity contribution in [3.05, 3.63) is 27.4 Å². The van der Waals surface area contributed by atoms with E-state index >= 15 is 0 Å². The van der Waals surface area contributed by atoms with Gasteiger partial charge in [-0.1, -0.05) is 5.16 Å². The van der Waals surface area contributed by atoms with E-state index in [1.807, 2.05) is 20.0 Å². The van der Waals surface area contributed by atoms with Gasteiger partial charge in [-0.3, -0.25) is 0 Å². The molecule has 1 aliphatic carbocycles. The Morgan fingerprint density at radius 1 is 1.31 bits per heavy atom. The fourth-order valence-electron chi connectivity index (χ4n) is 3.68. The molecular weight excluding hydrogens is 453 g/mol. The van der Waals surface area contributed by atoms with E-state index in [4.69, 9.17) is 9.51 Å². The fourth-order valence-corrected chi connectivity index (χ4v) is 4.39. The molecule has 5 nitrogen and oxygen atoms in total. The highest BCUT2D eigenvalue weighted by Crippen LogP contribution is 2.37.